The zero-order valence-electron chi connectivity index (χ0n) is 4.75. The molecule has 1 saturated heterocycles. The van der Waals surface area contributed by atoms with Crippen molar-refractivity contribution in [3.63, 3.8) is 0 Å². The Morgan fingerprint density at radius 3 is 2.89 bits per heavy atom. The van der Waals surface area contributed by atoms with Gasteiger partial charge in [-0.25, -0.2) is 4.39 Å². The molecule has 9 heavy (non-hydrogen) atoms. The minimum absolute atomic E-state index is 0.180. The van der Waals surface area contributed by atoms with E-state index in [1.165, 1.54) is 0 Å². The zero-order chi connectivity index (χ0) is 6.69. The maximum Gasteiger partial charge on any atom is 0.215 e. The molecule has 1 rings (SSSR count). The first-order valence-corrected chi connectivity index (χ1v) is 2.65. The molecule has 0 saturated carbocycles. The van der Waals surface area contributed by atoms with E-state index in [2.05, 4.69) is 4.74 Å². The lowest BCUT2D eigenvalue weighted by Gasteiger charge is -1.99. The molecule has 0 amide bonds. The lowest BCUT2D eigenvalue weighted by Crippen LogP contribution is -2.14. The molecule has 2 unspecified atom stereocenters. The lowest BCUT2D eigenvalue weighted by atomic mass is 10.4. The number of alkyl halides is 1. The van der Waals surface area contributed by atoms with Gasteiger partial charge in [0.2, 0.25) is 6.29 Å². The van der Waals surface area contributed by atoms with Crippen LogP contribution in [-0.2, 0) is 14.3 Å². The fourth-order valence-electron chi connectivity index (χ4n) is 0.623. The topological polar surface area (TPSA) is 35.5 Å². The number of hydrogen-bond acceptors (Lipinski definition) is 3. The van der Waals surface area contributed by atoms with Crippen LogP contribution in [0, 0.1) is 0 Å². The fraction of sp³-hybridized carbons (Fsp3) is 0.800. The zero-order valence-corrected chi connectivity index (χ0v) is 4.75. The summed E-state index contributed by atoms with van der Waals surface area (Å²) in [4.78, 5) is 9.90. The minimum Gasteiger partial charge on any atom is -0.343 e. The fourth-order valence-corrected chi connectivity index (χ4v) is 0.623. The van der Waals surface area contributed by atoms with Gasteiger partial charge < -0.3 is 9.47 Å². The molecule has 0 N–H and O–H groups in total. The van der Waals surface area contributed by atoms with Crippen LogP contribution in [0.4, 0.5) is 4.39 Å². The summed E-state index contributed by atoms with van der Waals surface area (Å²) in [6.45, 7) is -0.412. The van der Waals surface area contributed by atoms with Gasteiger partial charge in [-0.05, 0) is 0 Å². The average molecular weight is 134 g/mol. The number of halogens is 1. The van der Waals surface area contributed by atoms with Gasteiger partial charge in [0.15, 0.2) is 6.29 Å². The molecule has 0 bridgehead atoms. The smallest absolute Gasteiger partial charge is 0.215 e. The van der Waals surface area contributed by atoms with Crippen LogP contribution in [0.5, 0.6) is 0 Å². The van der Waals surface area contributed by atoms with Gasteiger partial charge in [0.1, 0.15) is 12.8 Å². The third-order valence-electron chi connectivity index (χ3n) is 1.06. The highest BCUT2D eigenvalue weighted by molar-refractivity contribution is 5.54. The normalized spacial score (nSPS) is 34.8. The second kappa shape index (κ2) is 2.89. The van der Waals surface area contributed by atoms with E-state index < -0.39 is 19.1 Å². The summed E-state index contributed by atoms with van der Waals surface area (Å²) in [5.41, 5.74) is 0. The van der Waals surface area contributed by atoms with E-state index in [1.54, 1.807) is 0 Å². The van der Waals surface area contributed by atoms with Gasteiger partial charge in [0.25, 0.3) is 0 Å². The highest BCUT2D eigenvalue weighted by Gasteiger charge is 2.24. The Hall–Kier alpha value is -0.480. The molecule has 0 aromatic carbocycles. The molecule has 0 spiro atoms. The van der Waals surface area contributed by atoms with Gasteiger partial charge in [-0.1, -0.05) is 0 Å². The largest absolute Gasteiger partial charge is 0.343 e. The van der Waals surface area contributed by atoms with Crippen molar-refractivity contribution < 1.29 is 18.7 Å². The van der Waals surface area contributed by atoms with Gasteiger partial charge in [-0.2, -0.15) is 0 Å². The van der Waals surface area contributed by atoms with Crippen LogP contribution in [0.15, 0.2) is 0 Å². The van der Waals surface area contributed by atoms with Crippen molar-refractivity contribution in [1.82, 2.24) is 0 Å². The van der Waals surface area contributed by atoms with Crippen molar-refractivity contribution in [2.24, 2.45) is 0 Å². The van der Waals surface area contributed by atoms with Crippen molar-refractivity contribution in [1.29, 1.82) is 0 Å². The van der Waals surface area contributed by atoms with E-state index in [1.807, 2.05) is 0 Å². The maximum atomic E-state index is 11.7. The molecular formula is C5H7FO3. The van der Waals surface area contributed by atoms with Crippen LogP contribution in [0.25, 0.3) is 0 Å². The van der Waals surface area contributed by atoms with Gasteiger partial charge in [0, 0.05) is 0 Å². The number of carbonyl (C=O) groups excluding carboxylic acids is 1. The summed E-state index contributed by atoms with van der Waals surface area (Å²) < 4.78 is 21.1. The maximum absolute atomic E-state index is 11.7. The SMILES string of the molecule is O=CC1OCC(CF)O1. The highest BCUT2D eigenvalue weighted by atomic mass is 19.1. The van der Waals surface area contributed by atoms with Crippen molar-refractivity contribution in [3.8, 4) is 0 Å². The summed E-state index contributed by atoms with van der Waals surface area (Å²) in [5.74, 6) is 0. The molecule has 52 valence electrons. The number of rotatable bonds is 2. The van der Waals surface area contributed by atoms with Crippen LogP contribution in [0.2, 0.25) is 0 Å². The lowest BCUT2D eigenvalue weighted by molar-refractivity contribution is -0.133. The molecular weight excluding hydrogens is 127 g/mol. The van der Waals surface area contributed by atoms with E-state index >= 15 is 0 Å². The number of carbonyl (C=O) groups is 1. The first-order valence-electron chi connectivity index (χ1n) is 2.65. The molecule has 0 aliphatic carbocycles. The molecule has 1 aliphatic rings. The van der Waals surface area contributed by atoms with Crippen LogP contribution in [0.1, 0.15) is 0 Å². The Morgan fingerprint density at radius 1 is 1.78 bits per heavy atom. The summed E-state index contributed by atoms with van der Waals surface area (Å²) in [6.07, 6.45) is -0.874. The van der Waals surface area contributed by atoms with E-state index in [0.29, 0.717) is 6.29 Å². The highest BCUT2D eigenvalue weighted by Crippen LogP contribution is 2.09. The van der Waals surface area contributed by atoms with Crippen molar-refractivity contribution in [2.75, 3.05) is 13.3 Å². The molecule has 2 atom stereocenters. The first-order chi connectivity index (χ1) is 4.36. The standard InChI is InChI=1S/C5H7FO3/c6-1-4-3-8-5(2-7)9-4/h2,4-5H,1,3H2. The molecule has 4 heteroatoms. The molecule has 3 nitrogen and oxygen atoms in total. The van der Waals surface area contributed by atoms with E-state index in [0.717, 1.165) is 0 Å². The van der Waals surface area contributed by atoms with E-state index in [4.69, 9.17) is 4.74 Å². The average Bonchev–Trinajstić information content (AvgIpc) is 2.34. The second-order valence-electron chi connectivity index (χ2n) is 1.75. The second-order valence-corrected chi connectivity index (χ2v) is 1.75. The first kappa shape index (κ1) is 6.64. The number of aldehydes is 1. The van der Waals surface area contributed by atoms with Gasteiger partial charge in [-0.15, -0.1) is 0 Å². The Bertz CT molecular complexity index is 106. The monoisotopic (exact) mass is 134 g/mol. The molecule has 1 aliphatic heterocycles. The predicted octanol–water partition coefficient (Wildman–Crippen LogP) is -0.104. The minimum atomic E-state index is -0.842. The predicted molar refractivity (Wildman–Crippen MR) is 26.7 cm³/mol. The van der Waals surface area contributed by atoms with Gasteiger partial charge in [0.05, 0.1) is 6.61 Å². The Morgan fingerprint density at radius 2 is 2.56 bits per heavy atom. The van der Waals surface area contributed by atoms with Gasteiger partial charge in [-0.3, -0.25) is 4.79 Å². The Labute approximate surface area is 51.7 Å². The molecule has 1 heterocycles. The van der Waals surface area contributed by atoms with Crippen LogP contribution in [0.3, 0.4) is 0 Å². The number of ether oxygens (including phenoxy) is 2. The summed E-state index contributed by atoms with van der Waals surface area (Å²) in [6, 6.07) is 0. The van der Waals surface area contributed by atoms with Crippen molar-refractivity contribution >= 4 is 6.29 Å². The summed E-state index contributed by atoms with van der Waals surface area (Å²) >= 11 is 0. The molecule has 0 aromatic heterocycles. The van der Waals surface area contributed by atoms with Crippen LogP contribution >= 0.6 is 0 Å². The third-order valence-corrected chi connectivity index (χ3v) is 1.06. The van der Waals surface area contributed by atoms with Crippen LogP contribution in [-0.4, -0.2) is 32.0 Å². The summed E-state index contributed by atoms with van der Waals surface area (Å²) in [7, 11) is 0. The Balaban J connectivity index is 2.28. The van der Waals surface area contributed by atoms with Gasteiger partial charge >= 0.3 is 0 Å². The van der Waals surface area contributed by atoms with E-state index in [9.17, 15) is 9.18 Å². The summed E-state index contributed by atoms with van der Waals surface area (Å²) in [5, 5.41) is 0. The molecule has 0 aromatic rings. The quantitative estimate of drug-likeness (QED) is 0.494. The molecule has 1 fully saturated rings. The number of hydrogen-bond donors (Lipinski definition) is 0. The molecule has 0 radical (unpaired) electrons. The van der Waals surface area contributed by atoms with E-state index in [-0.39, 0.29) is 6.61 Å². The Kier molecular flexibility index (Phi) is 2.13. The van der Waals surface area contributed by atoms with Crippen molar-refractivity contribution in [3.05, 3.63) is 0 Å². The third kappa shape index (κ3) is 1.46. The van der Waals surface area contributed by atoms with Crippen molar-refractivity contribution in [2.45, 2.75) is 12.4 Å². The van der Waals surface area contributed by atoms with Crippen LogP contribution < -0.4 is 0 Å².